The maximum absolute atomic E-state index is 10.9. The summed E-state index contributed by atoms with van der Waals surface area (Å²) in [7, 11) is 0. The van der Waals surface area contributed by atoms with Crippen LogP contribution < -0.4 is 9.47 Å². The molecule has 2 aromatic carbocycles. The minimum Gasteiger partial charge on any atom is -0.494 e. The third-order valence-corrected chi connectivity index (χ3v) is 3.46. The summed E-state index contributed by atoms with van der Waals surface area (Å²) in [5.41, 5.74) is 1.99. The van der Waals surface area contributed by atoms with E-state index in [4.69, 9.17) is 14.6 Å². The van der Waals surface area contributed by atoms with E-state index >= 15 is 0 Å². The standard InChI is InChI=1S/C20H19NO4/c1-3-24-18-10-9-16(19(12-18)25-4-2)11-17(13-21)14-5-7-15(8-6-14)20(22)23/h5-12H,3-4H2,1-2H3,(H,22,23). The van der Waals surface area contributed by atoms with Gasteiger partial charge in [-0.3, -0.25) is 0 Å². The lowest BCUT2D eigenvalue weighted by atomic mass is 10.0. The number of benzene rings is 2. The Kier molecular flexibility index (Phi) is 6.19. The highest BCUT2D eigenvalue weighted by molar-refractivity contribution is 5.92. The topological polar surface area (TPSA) is 79.5 Å². The molecule has 0 spiro atoms. The highest BCUT2D eigenvalue weighted by atomic mass is 16.5. The lowest BCUT2D eigenvalue weighted by Gasteiger charge is -2.11. The monoisotopic (exact) mass is 337 g/mol. The van der Waals surface area contributed by atoms with Gasteiger partial charge in [0.1, 0.15) is 11.5 Å². The Balaban J connectivity index is 2.41. The molecule has 5 nitrogen and oxygen atoms in total. The summed E-state index contributed by atoms with van der Waals surface area (Å²) in [5, 5.41) is 18.4. The first-order chi connectivity index (χ1) is 12.1. The Morgan fingerprint density at radius 1 is 1.08 bits per heavy atom. The lowest BCUT2D eigenvalue weighted by molar-refractivity contribution is 0.0697. The van der Waals surface area contributed by atoms with Gasteiger partial charge in [-0.25, -0.2) is 4.79 Å². The van der Waals surface area contributed by atoms with Crippen molar-refractivity contribution in [2.75, 3.05) is 13.2 Å². The predicted octanol–water partition coefficient (Wildman–Crippen LogP) is 4.25. The fourth-order valence-electron chi connectivity index (χ4n) is 2.30. The van der Waals surface area contributed by atoms with Gasteiger partial charge in [-0.15, -0.1) is 0 Å². The predicted molar refractivity (Wildman–Crippen MR) is 95.7 cm³/mol. The molecular weight excluding hydrogens is 318 g/mol. The number of hydrogen-bond acceptors (Lipinski definition) is 4. The molecule has 0 saturated heterocycles. The number of aromatic carboxylic acids is 1. The van der Waals surface area contributed by atoms with Crippen LogP contribution in [0.5, 0.6) is 11.5 Å². The number of carboxylic acids is 1. The van der Waals surface area contributed by atoms with Crippen molar-refractivity contribution in [3.63, 3.8) is 0 Å². The van der Waals surface area contributed by atoms with E-state index in [0.717, 1.165) is 5.56 Å². The molecule has 0 saturated carbocycles. The fraction of sp³-hybridized carbons (Fsp3) is 0.200. The Labute approximate surface area is 146 Å². The average molecular weight is 337 g/mol. The number of rotatable bonds is 7. The lowest BCUT2D eigenvalue weighted by Crippen LogP contribution is -1.97. The van der Waals surface area contributed by atoms with E-state index in [9.17, 15) is 10.1 Å². The van der Waals surface area contributed by atoms with E-state index in [0.29, 0.717) is 35.8 Å². The summed E-state index contributed by atoms with van der Waals surface area (Å²) in [6.45, 7) is 4.84. The molecule has 25 heavy (non-hydrogen) atoms. The van der Waals surface area contributed by atoms with E-state index in [1.54, 1.807) is 24.3 Å². The van der Waals surface area contributed by atoms with Crippen LogP contribution in [0.3, 0.4) is 0 Å². The SMILES string of the molecule is CCOc1ccc(C=C(C#N)c2ccc(C(=O)O)cc2)c(OCC)c1. The van der Waals surface area contributed by atoms with Crippen LogP contribution in [0.1, 0.15) is 35.3 Å². The number of carbonyl (C=O) groups is 1. The fourth-order valence-corrected chi connectivity index (χ4v) is 2.30. The number of carboxylic acid groups (broad SMARTS) is 1. The molecular formula is C20H19NO4. The molecule has 0 amide bonds. The zero-order chi connectivity index (χ0) is 18.2. The average Bonchev–Trinajstić information content (AvgIpc) is 2.62. The van der Waals surface area contributed by atoms with Gasteiger partial charge in [-0.2, -0.15) is 5.26 Å². The van der Waals surface area contributed by atoms with E-state index in [2.05, 4.69) is 6.07 Å². The highest BCUT2D eigenvalue weighted by Crippen LogP contribution is 2.29. The van der Waals surface area contributed by atoms with Crippen LogP contribution in [0.4, 0.5) is 0 Å². The molecule has 0 atom stereocenters. The number of hydrogen-bond donors (Lipinski definition) is 1. The summed E-state index contributed by atoms with van der Waals surface area (Å²) in [4.78, 5) is 10.9. The summed E-state index contributed by atoms with van der Waals surface area (Å²) < 4.78 is 11.1. The van der Waals surface area contributed by atoms with Gasteiger partial charge in [0.25, 0.3) is 0 Å². The van der Waals surface area contributed by atoms with Crippen LogP contribution in [0.15, 0.2) is 42.5 Å². The molecule has 0 radical (unpaired) electrons. The Bertz CT molecular complexity index is 817. The molecule has 0 aromatic heterocycles. The number of allylic oxidation sites excluding steroid dienone is 1. The second kappa shape index (κ2) is 8.55. The van der Waals surface area contributed by atoms with Crippen molar-refractivity contribution in [2.24, 2.45) is 0 Å². The van der Waals surface area contributed by atoms with Gasteiger partial charge in [0.05, 0.1) is 30.4 Å². The normalized spacial score (nSPS) is 10.8. The van der Waals surface area contributed by atoms with Crippen LogP contribution in [0.2, 0.25) is 0 Å². The first-order valence-electron chi connectivity index (χ1n) is 7.94. The van der Waals surface area contributed by atoms with Crippen molar-refractivity contribution in [2.45, 2.75) is 13.8 Å². The molecule has 0 aliphatic rings. The minimum atomic E-state index is -1.00. The molecule has 0 fully saturated rings. The molecule has 128 valence electrons. The van der Waals surface area contributed by atoms with E-state index in [1.165, 1.54) is 12.1 Å². The van der Waals surface area contributed by atoms with Gasteiger partial charge < -0.3 is 14.6 Å². The second-order valence-electron chi connectivity index (χ2n) is 5.12. The Morgan fingerprint density at radius 2 is 1.72 bits per heavy atom. The van der Waals surface area contributed by atoms with Gasteiger partial charge in [0.15, 0.2) is 0 Å². The van der Waals surface area contributed by atoms with Gasteiger partial charge in [-0.05, 0) is 49.8 Å². The summed E-state index contributed by atoms with van der Waals surface area (Å²) in [6.07, 6.45) is 1.72. The molecule has 5 heteroatoms. The molecule has 0 heterocycles. The van der Waals surface area contributed by atoms with Crippen molar-refractivity contribution in [3.05, 3.63) is 59.2 Å². The smallest absolute Gasteiger partial charge is 0.335 e. The zero-order valence-corrected chi connectivity index (χ0v) is 14.2. The largest absolute Gasteiger partial charge is 0.494 e. The maximum Gasteiger partial charge on any atom is 0.335 e. The second-order valence-corrected chi connectivity index (χ2v) is 5.12. The minimum absolute atomic E-state index is 0.178. The molecule has 1 N–H and O–H groups in total. The van der Waals surface area contributed by atoms with Crippen molar-refractivity contribution in [1.29, 1.82) is 5.26 Å². The first kappa shape index (κ1) is 18.1. The molecule has 2 aromatic rings. The number of nitrogens with zero attached hydrogens (tertiary/aromatic N) is 1. The highest BCUT2D eigenvalue weighted by Gasteiger charge is 2.08. The van der Waals surface area contributed by atoms with Crippen molar-refractivity contribution < 1.29 is 19.4 Å². The van der Waals surface area contributed by atoms with E-state index < -0.39 is 5.97 Å². The van der Waals surface area contributed by atoms with Gasteiger partial charge in [0.2, 0.25) is 0 Å². The summed E-state index contributed by atoms with van der Waals surface area (Å²) in [5.74, 6) is 0.329. The third kappa shape index (κ3) is 4.61. The molecule has 2 rings (SSSR count). The third-order valence-electron chi connectivity index (χ3n) is 3.46. The number of ether oxygens (including phenoxy) is 2. The summed E-state index contributed by atoms with van der Waals surface area (Å²) >= 11 is 0. The Morgan fingerprint density at radius 3 is 2.28 bits per heavy atom. The maximum atomic E-state index is 10.9. The summed E-state index contributed by atoms with van der Waals surface area (Å²) in [6, 6.07) is 13.8. The van der Waals surface area contributed by atoms with Crippen LogP contribution >= 0.6 is 0 Å². The van der Waals surface area contributed by atoms with Crippen LogP contribution in [-0.2, 0) is 0 Å². The van der Waals surface area contributed by atoms with Gasteiger partial charge >= 0.3 is 5.97 Å². The molecule has 0 unspecified atom stereocenters. The van der Waals surface area contributed by atoms with Gasteiger partial charge in [0, 0.05) is 11.6 Å². The van der Waals surface area contributed by atoms with Crippen molar-refractivity contribution in [1.82, 2.24) is 0 Å². The van der Waals surface area contributed by atoms with Crippen molar-refractivity contribution >= 4 is 17.6 Å². The first-order valence-corrected chi connectivity index (χ1v) is 7.94. The molecule has 0 aliphatic heterocycles. The quantitative estimate of drug-likeness (QED) is 0.603. The van der Waals surface area contributed by atoms with Crippen LogP contribution in [0, 0.1) is 11.3 Å². The zero-order valence-electron chi connectivity index (χ0n) is 14.2. The molecule has 0 bridgehead atoms. The number of nitriles is 1. The van der Waals surface area contributed by atoms with E-state index in [-0.39, 0.29) is 5.56 Å². The van der Waals surface area contributed by atoms with E-state index in [1.807, 2.05) is 26.0 Å². The van der Waals surface area contributed by atoms with Crippen LogP contribution in [0.25, 0.3) is 11.6 Å². The van der Waals surface area contributed by atoms with Crippen molar-refractivity contribution in [3.8, 4) is 17.6 Å². The Hall–Kier alpha value is -3.26. The molecule has 0 aliphatic carbocycles. The van der Waals surface area contributed by atoms with Gasteiger partial charge in [-0.1, -0.05) is 12.1 Å². The van der Waals surface area contributed by atoms with Crippen LogP contribution in [-0.4, -0.2) is 24.3 Å².